The maximum atomic E-state index is 14.2. The zero-order valence-corrected chi connectivity index (χ0v) is 18.8. The minimum atomic E-state index is -4.64. The highest BCUT2D eigenvalue weighted by Gasteiger charge is 2.34. The predicted octanol–water partition coefficient (Wildman–Crippen LogP) is 5.80. The molecule has 1 N–H and O–H groups in total. The number of hydrogen-bond acceptors (Lipinski definition) is 5. The molecule has 0 radical (unpaired) electrons. The summed E-state index contributed by atoms with van der Waals surface area (Å²) in [5, 5.41) is 13.5. The fourth-order valence-corrected chi connectivity index (χ4v) is 4.32. The first-order valence-corrected chi connectivity index (χ1v) is 10.9. The van der Waals surface area contributed by atoms with Gasteiger partial charge in [-0.1, -0.05) is 13.0 Å². The summed E-state index contributed by atoms with van der Waals surface area (Å²) in [5.74, 6) is -0.465. The summed E-state index contributed by atoms with van der Waals surface area (Å²) in [4.78, 5) is 2.21. The van der Waals surface area contributed by atoms with Gasteiger partial charge in [-0.2, -0.15) is 18.3 Å². The lowest BCUT2D eigenvalue weighted by Gasteiger charge is -2.29. The van der Waals surface area contributed by atoms with Crippen LogP contribution in [0.1, 0.15) is 41.8 Å². The van der Waals surface area contributed by atoms with Gasteiger partial charge in [0.05, 0.1) is 30.5 Å². The molecule has 1 atom stereocenters. The van der Waals surface area contributed by atoms with Crippen molar-refractivity contribution in [2.75, 3.05) is 36.5 Å². The Balaban J connectivity index is 1.76. The second-order valence-electron chi connectivity index (χ2n) is 8.23. The van der Waals surface area contributed by atoms with Gasteiger partial charge in [-0.25, -0.2) is 4.39 Å². The molecule has 5 nitrogen and oxygen atoms in total. The van der Waals surface area contributed by atoms with E-state index in [2.05, 4.69) is 20.4 Å². The molecule has 1 fully saturated rings. The van der Waals surface area contributed by atoms with Crippen LogP contribution in [0.4, 0.5) is 29.1 Å². The topological polar surface area (TPSA) is 50.3 Å². The Hall–Kier alpha value is -2.94. The zero-order valence-electron chi connectivity index (χ0n) is 18.8. The highest BCUT2D eigenvalue weighted by molar-refractivity contribution is 5.95. The predicted molar refractivity (Wildman–Crippen MR) is 120 cm³/mol. The van der Waals surface area contributed by atoms with Crippen LogP contribution in [-0.2, 0) is 10.9 Å². The van der Waals surface area contributed by atoms with E-state index in [-0.39, 0.29) is 11.1 Å². The van der Waals surface area contributed by atoms with E-state index in [0.29, 0.717) is 31.5 Å². The van der Waals surface area contributed by atoms with Gasteiger partial charge in [0.2, 0.25) is 0 Å². The Morgan fingerprint density at radius 1 is 1.06 bits per heavy atom. The summed E-state index contributed by atoms with van der Waals surface area (Å²) in [7, 11) is 0. The molecule has 9 heteroatoms. The fourth-order valence-electron chi connectivity index (χ4n) is 4.32. The number of fused-ring (bicyclic) bond motifs is 1. The number of halogens is 4. The van der Waals surface area contributed by atoms with Crippen molar-refractivity contribution in [3.8, 4) is 0 Å². The first kappa shape index (κ1) is 23.2. The molecule has 1 aromatic heterocycles. The Bertz CT molecular complexity index is 1160. The first-order chi connectivity index (χ1) is 15.7. The maximum absolute atomic E-state index is 14.2. The number of ether oxygens (including phenoxy) is 1. The van der Waals surface area contributed by atoms with Crippen molar-refractivity contribution >= 4 is 22.3 Å². The third-order valence-electron chi connectivity index (χ3n) is 6.14. The van der Waals surface area contributed by atoms with Crippen molar-refractivity contribution in [1.29, 1.82) is 0 Å². The summed E-state index contributed by atoms with van der Waals surface area (Å²) in [6.45, 7) is 7.90. The van der Waals surface area contributed by atoms with E-state index in [1.165, 1.54) is 6.92 Å². The van der Waals surface area contributed by atoms with E-state index in [9.17, 15) is 17.6 Å². The van der Waals surface area contributed by atoms with Gasteiger partial charge in [-0.15, -0.1) is 5.10 Å². The molecule has 0 saturated carbocycles. The van der Waals surface area contributed by atoms with E-state index in [0.717, 1.165) is 41.3 Å². The van der Waals surface area contributed by atoms with Gasteiger partial charge >= 0.3 is 6.18 Å². The molecule has 1 saturated heterocycles. The van der Waals surface area contributed by atoms with Gasteiger partial charge in [0, 0.05) is 29.5 Å². The Morgan fingerprint density at radius 2 is 1.79 bits per heavy atom. The lowest BCUT2D eigenvalue weighted by molar-refractivity contribution is -0.138. The highest BCUT2D eigenvalue weighted by Crippen LogP contribution is 2.37. The number of benzene rings is 2. The number of hydrogen-bond donors (Lipinski definition) is 1. The molecule has 0 unspecified atom stereocenters. The normalized spacial score (nSPS) is 15.7. The quantitative estimate of drug-likeness (QED) is 0.486. The smallest absolute Gasteiger partial charge is 0.378 e. The highest BCUT2D eigenvalue weighted by atomic mass is 19.4. The van der Waals surface area contributed by atoms with Gasteiger partial charge in [-0.3, -0.25) is 0 Å². The summed E-state index contributed by atoms with van der Waals surface area (Å²) in [5.41, 5.74) is 1.05. The third kappa shape index (κ3) is 4.73. The summed E-state index contributed by atoms with van der Waals surface area (Å²) in [6.07, 6.45) is -4.20. The molecule has 0 aliphatic carbocycles. The maximum Gasteiger partial charge on any atom is 0.416 e. The van der Waals surface area contributed by atoms with E-state index in [4.69, 9.17) is 4.74 Å². The Kier molecular flexibility index (Phi) is 6.43. The van der Waals surface area contributed by atoms with Crippen LogP contribution >= 0.6 is 0 Å². The molecule has 0 bridgehead atoms. The van der Waals surface area contributed by atoms with Gasteiger partial charge in [0.1, 0.15) is 5.82 Å². The Labute approximate surface area is 189 Å². The second kappa shape index (κ2) is 9.13. The van der Waals surface area contributed by atoms with Crippen LogP contribution in [0.25, 0.3) is 10.8 Å². The average Bonchev–Trinajstić information content (AvgIpc) is 2.80. The van der Waals surface area contributed by atoms with E-state index in [1.54, 1.807) is 0 Å². The van der Waals surface area contributed by atoms with Crippen molar-refractivity contribution in [1.82, 2.24) is 10.2 Å². The standard InChI is InChI=1S/C24H26F4N4O/c1-4-22(19-11-16(25)12-21(14(19)2)24(26,27)28)29-23-20-13-17(32-7-9-33-10-8-32)5-6-18(20)15(3)30-31-23/h5-6,11-13,22H,4,7-10H2,1-3H3,(H,29,31)/t22-/m1/s1. The summed E-state index contributed by atoms with van der Waals surface area (Å²) in [6, 6.07) is 7.14. The van der Waals surface area contributed by atoms with Gasteiger partial charge in [0.15, 0.2) is 5.82 Å². The minimum Gasteiger partial charge on any atom is -0.378 e. The van der Waals surface area contributed by atoms with E-state index in [1.807, 2.05) is 32.0 Å². The monoisotopic (exact) mass is 462 g/mol. The third-order valence-corrected chi connectivity index (χ3v) is 6.14. The van der Waals surface area contributed by atoms with Crippen LogP contribution < -0.4 is 10.2 Å². The number of nitrogens with zero attached hydrogens (tertiary/aromatic N) is 3. The lowest BCUT2D eigenvalue weighted by Crippen LogP contribution is -2.36. The van der Waals surface area contributed by atoms with Crippen LogP contribution in [0, 0.1) is 19.7 Å². The van der Waals surface area contributed by atoms with Crippen molar-refractivity contribution in [3.63, 3.8) is 0 Å². The summed E-state index contributed by atoms with van der Waals surface area (Å²) >= 11 is 0. The number of nitrogens with one attached hydrogen (secondary N) is 1. The van der Waals surface area contributed by atoms with Crippen molar-refractivity contribution in [3.05, 3.63) is 58.5 Å². The minimum absolute atomic E-state index is 0.00151. The molecular formula is C24H26F4N4O. The van der Waals surface area contributed by atoms with Crippen LogP contribution in [0.15, 0.2) is 30.3 Å². The van der Waals surface area contributed by atoms with E-state index < -0.39 is 23.6 Å². The van der Waals surface area contributed by atoms with Crippen LogP contribution in [0.3, 0.4) is 0 Å². The molecule has 33 heavy (non-hydrogen) atoms. The van der Waals surface area contributed by atoms with Gasteiger partial charge in [0.25, 0.3) is 0 Å². The number of anilines is 2. The number of aromatic nitrogens is 2. The zero-order chi connectivity index (χ0) is 23.8. The van der Waals surface area contributed by atoms with E-state index >= 15 is 0 Å². The Morgan fingerprint density at radius 3 is 2.45 bits per heavy atom. The number of rotatable bonds is 5. The summed E-state index contributed by atoms with van der Waals surface area (Å²) < 4.78 is 60.0. The molecule has 0 spiro atoms. The first-order valence-electron chi connectivity index (χ1n) is 10.9. The van der Waals surface area contributed by atoms with Crippen molar-refractivity contribution in [2.24, 2.45) is 0 Å². The number of aryl methyl sites for hydroxylation is 1. The van der Waals surface area contributed by atoms with Crippen LogP contribution in [0.5, 0.6) is 0 Å². The molecule has 1 aliphatic heterocycles. The number of morpholine rings is 1. The molecule has 2 heterocycles. The number of alkyl halides is 3. The van der Waals surface area contributed by atoms with Crippen molar-refractivity contribution in [2.45, 2.75) is 39.4 Å². The van der Waals surface area contributed by atoms with Crippen LogP contribution in [-0.4, -0.2) is 36.5 Å². The molecular weight excluding hydrogens is 436 g/mol. The van der Waals surface area contributed by atoms with Crippen molar-refractivity contribution < 1.29 is 22.3 Å². The van der Waals surface area contributed by atoms with Gasteiger partial charge in [-0.05, 0) is 55.7 Å². The second-order valence-corrected chi connectivity index (χ2v) is 8.23. The molecule has 4 rings (SSSR count). The van der Waals surface area contributed by atoms with Crippen LogP contribution in [0.2, 0.25) is 0 Å². The molecule has 176 valence electrons. The molecule has 3 aromatic rings. The fraction of sp³-hybridized carbons (Fsp3) is 0.417. The average molecular weight is 462 g/mol. The largest absolute Gasteiger partial charge is 0.416 e. The molecule has 1 aliphatic rings. The molecule has 2 aromatic carbocycles. The SMILES string of the molecule is CC[C@@H](Nc1nnc(C)c2ccc(N3CCOCC3)cc12)c1cc(F)cc(C(F)(F)F)c1C. The molecule has 0 amide bonds. The van der Waals surface area contributed by atoms with Gasteiger partial charge < -0.3 is 15.0 Å². The lowest BCUT2D eigenvalue weighted by atomic mass is 9.94.